The molecule has 0 spiro atoms. The molecule has 1 atom stereocenters. The van der Waals surface area contributed by atoms with E-state index in [9.17, 15) is 19.8 Å². The number of methoxy groups -OCH3 is 1. The van der Waals surface area contributed by atoms with Crippen LogP contribution in [0.25, 0.3) is 5.76 Å². The van der Waals surface area contributed by atoms with E-state index in [0.717, 1.165) is 4.88 Å². The molecular weight excluding hydrogens is 478 g/mol. The van der Waals surface area contributed by atoms with E-state index in [1.807, 2.05) is 17.5 Å². The predicted molar refractivity (Wildman–Crippen MR) is 129 cm³/mol. The Hall–Kier alpha value is -3.49. The minimum atomic E-state index is -0.925. The Morgan fingerprint density at radius 2 is 1.94 bits per heavy atom. The molecule has 0 bridgehead atoms. The van der Waals surface area contributed by atoms with Crippen molar-refractivity contribution in [3.8, 4) is 17.2 Å². The molecule has 1 saturated heterocycles. The Kier molecular flexibility index (Phi) is 6.81. The molecule has 0 aliphatic carbocycles. The van der Waals surface area contributed by atoms with E-state index in [4.69, 9.17) is 21.1 Å². The van der Waals surface area contributed by atoms with Gasteiger partial charge in [0.1, 0.15) is 11.5 Å². The standard InChI is InChI=1S/C25H22ClNO6S/c1-3-33-20-11-14(6-8-18(20)28)22-21(23(29)17-12-15(26)7-9-19(17)32-2)24(30)25(31)27(22)13-16-5-4-10-34-16/h4-12,22,28-29H,3,13H2,1-2H3/b23-21+. The van der Waals surface area contributed by atoms with Gasteiger partial charge in [0.05, 0.1) is 37.4 Å². The zero-order valence-corrected chi connectivity index (χ0v) is 20.0. The number of Topliss-reactive ketones (excluding diaryl/α,β-unsaturated/α-hetero) is 1. The lowest BCUT2D eigenvalue weighted by molar-refractivity contribution is -0.140. The number of amides is 1. The Bertz CT molecular complexity index is 1270. The summed E-state index contributed by atoms with van der Waals surface area (Å²) in [6, 6.07) is 12.0. The van der Waals surface area contributed by atoms with Crippen LogP contribution in [0, 0.1) is 0 Å². The van der Waals surface area contributed by atoms with Crippen LogP contribution < -0.4 is 9.47 Å². The maximum absolute atomic E-state index is 13.2. The molecule has 1 aromatic heterocycles. The number of ether oxygens (including phenoxy) is 2. The van der Waals surface area contributed by atoms with Crippen molar-refractivity contribution in [2.75, 3.05) is 13.7 Å². The first-order valence-corrected chi connectivity index (χ1v) is 11.7. The summed E-state index contributed by atoms with van der Waals surface area (Å²) in [5.41, 5.74) is 0.591. The second kappa shape index (κ2) is 9.79. The maximum Gasteiger partial charge on any atom is 0.295 e. The minimum Gasteiger partial charge on any atom is -0.507 e. The monoisotopic (exact) mass is 499 g/mol. The van der Waals surface area contributed by atoms with E-state index in [1.165, 1.54) is 35.5 Å². The predicted octanol–water partition coefficient (Wildman–Crippen LogP) is 5.14. The number of aromatic hydroxyl groups is 1. The van der Waals surface area contributed by atoms with Crippen molar-refractivity contribution >= 4 is 40.4 Å². The van der Waals surface area contributed by atoms with Crippen LogP contribution in [0.4, 0.5) is 0 Å². The summed E-state index contributed by atoms with van der Waals surface area (Å²) < 4.78 is 10.9. The number of hydrogen-bond acceptors (Lipinski definition) is 7. The SMILES string of the molecule is CCOc1cc(C2/C(=C(\O)c3cc(Cl)ccc3OC)C(=O)C(=O)N2Cc2cccs2)ccc1O. The third kappa shape index (κ3) is 4.34. The van der Waals surface area contributed by atoms with Gasteiger partial charge in [-0.05, 0) is 54.3 Å². The summed E-state index contributed by atoms with van der Waals surface area (Å²) in [6.07, 6.45) is 0. The number of aliphatic hydroxyl groups excluding tert-OH is 1. The van der Waals surface area contributed by atoms with Gasteiger partial charge in [-0.1, -0.05) is 23.7 Å². The van der Waals surface area contributed by atoms with Crippen molar-refractivity contribution < 1.29 is 29.3 Å². The molecule has 7 nitrogen and oxygen atoms in total. The average molecular weight is 500 g/mol. The Labute approximate surface area is 205 Å². The van der Waals surface area contributed by atoms with Crippen LogP contribution in [-0.2, 0) is 16.1 Å². The quantitative estimate of drug-likeness (QED) is 0.265. The molecule has 1 aliphatic rings. The van der Waals surface area contributed by atoms with Gasteiger partial charge in [0.15, 0.2) is 11.5 Å². The minimum absolute atomic E-state index is 0.0719. The first-order valence-electron chi connectivity index (χ1n) is 10.5. The third-order valence-electron chi connectivity index (χ3n) is 5.46. The molecule has 1 amide bonds. The number of carbonyl (C=O) groups excluding carboxylic acids is 2. The zero-order valence-electron chi connectivity index (χ0n) is 18.4. The van der Waals surface area contributed by atoms with Crippen LogP contribution in [0.15, 0.2) is 59.5 Å². The molecule has 1 unspecified atom stereocenters. The first kappa shape index (κ1) is 23.7. The summed E-state index contributed by atoms with van der Waals surface area (Å²) in [6.45, 7) is 2.26. The fourth-order valence-corrected chi connectivity index (χ4v) is 4.82. The molecule has 2 N–H and O–H groups in total. The number of halogens is 1. The molecule has 2 heterocycles. The molecule has 1 fully saturated rings. The molecule has 4 rings (SSSR count). The number of likely N-dealkylation sites (tertiary alicyclic amines) is 1. The second-order valence-corrected chi connectivity index (χ2v) is 8.98. The first-order chi connectivity index (χ1) is 16.3. The molecule has 3 aromatic rings. The van der Waals surface area contributed by atoms with Crippen LogP contribution in [0.3, 0.4) is 0 Å². The van der Waals surface area contributed by atoms with Crippen LogP contribution in [-0.4, -0.2) is 40.5 Å². The van der Waals surface area contributed by atoms with Crippen LogP contribution in [0.1, 0.15) is 29.0 Å². The molecule has 9 heteroatoms. The molecule has 0 saturated carbocycles. The van der Waals surface area contributed by atoms with Crippen LogP contribution >= 0.6 is 22.9 Å². The van der Waals surface area contributed by atoms with E-state index >= 15 is 0 Å². The van der Waals surface area contributed by atoms with E-state index < -0.39 is 23.5 Å². The summed E-state index contributed by atoms with van der Waals surface area (Å²) >= 11 is 7.60. The molecule has 0 radical (unpaired) electrons. The molecular formula is C25H22ClNO6S. The van der Waals surface area contributed by atoms with E-state index in [1.54, 1.807) is 31.2 Å². The van der Waals surface area contributed by atoms with Crippen LogP contribution in [0.2, 0.25) is 5.02 Å². The number of rotatable bonds is 7. The molecule has 1 aliphatic heterocycles. The third-order valence-corrected chi connectivity index (χ3v) is 6.56. The zero-order chi connectivity index (χ0) is 24.4. The van der Waals surface area contributed by atoms with E-state index in [0.29, 0.717) is 22.9 Å². The average Bonchev–Trinajstić information content (AvgIpc) is 3.43. The number of phenolic OH excluding ortho intramolecular Hbond substituents is 1. The van der Waals surface area contributed by atoms with Gasteiger partial charge in [0.25, 0.3) is 11.7 Å². The number of aliphatic hydroxyl groups is 1. The van der Waals surface area contributed by atoms with Crippen molar-refractivity contribution in [1.29, 1.82) is 0 Å². The highest BCUT2D eigenvalue weighted by Crippen LogP contribution is 2.44. The van der Waals surface area contributed by atoms with Gasteiger partial charge in [0, 0.05) is 9.90 Å². The Morgan fingerprint density at radius 3 is 2.62 bits per heavy atom. The van der Waals surface area contributed by atoms with Gasteiger partial charge < -0.3 is 24.6 Å². The van der Waals surface area contributed by atoms with Crippen molar-refractivity contribution in [3.63, 3.8) is 0 Å². The normalized spacial score (nSPS) is 17.3. The van der Waals surface area contributed by atoms with Crippen molar-refractivity contribution in [3.05, 3.63) is 80.5 Å². The summed E-state index contributed by atoms with van der Waals surface area (Å²) in [7, 11) is 1.43. The Balaban J connectivity index is 1.93. The van der Waals surface area contributed by atoms with Crippen molar-refractivity contribution in [2.24, 2.45) is 0 Å². The van der Waals surface area contributed by atoms with Gasteiger partial charge in [-0.3, -0.25) is 9.59 Å². The highest BCUT2D eigenvalue weighted by atomic mass is 35.5. The van der Waals surface area contributed by atoms with Gasteiger partial charge in [-0.2, -0.15) is 0 Å². The lowest BCUT2D eigenvalue weighted by Crippen LogP contribution is -2.28. The fourth-order valence-electron chi connectivity index (χ4n) is 3.94. The van der Waals surface area contributed by atoms with E-state index in [2.05, 4.69) is 0 Å². The highest BCUT2D eigenvalue weighted by molar-refractivity contribution is 7.09. The molecule has 34 heavy (non-hydrogen) atoms. The van der Waals surface area contributed by atoms with Crippen molar-refractivity contribution in [2.45, 2.75) is 19.5 Å². The topological polar surface area (TPSA) is 96.3 Å². The number of thiophene rings is 1. The maximum atomic E-state index is 13.2. The van der Waals surface area contributed by atoms with E-state index in [-0.39, 0.29) is 29.2 Å². The van der Waals surface area contributed by atoms with Gasteiger partial charge in [-0.15, -0.1) is 11.3 Å². The fraction of sp³-hybridized carbons (Fsp3) is 0.200. The second-order valence-electron chi connectivity index (χ2n) is 7.51. The molecule has 2 aromatic carbocycles. The number of benzene rings is 2. The number of ketones is 1. The number of phenols is 1. The van der Waals surface area contributed by atoms with Crippen molar-refractivity contribution in [1.82, 2.24) is 4.90 Å². The van der Waals surface area contributed by atoms with Gasteiger partial charge in [0.2, 0.25) is 0 Å². The van der Waals surface area contributed by atoms with Gasteiger partial charge >= 0.3 is 0 Å². The smallest absolute Gasteiger partial charge is 0.295 e. The summed E-state index contributed by atoms with van der Waals surface area (Å²) in [5.74, 6) is -1.54. The highest BCUT2D eigenvalue weighted by Gasteiger charge is 2.46. The summed E-state index contributed by atoms with van der Waals surface area (Å²) in [5, 5.41) is 23.7. The number of carbonyl (C=O) groups is 2. The number of nitrogens with zero attached hydrogens (tertiary/aromatic N) is 1. The van der Waals surface area contributed by atoms with Crippen LogP contribution in [0.5, 0.6) is 17.2 Å². The summed E-state index contributed by atoms with van der Waals surface area (Å²) in [4.78, 5) is 28.7. The number of hydrogen-bond donors (Lipinski definition) is 2. The Morgan fingerprint density at radius 1 is 1.15 bits per heavy atom. The largest absolute Gasteiger partial charge is 0.507 e. The lowest BCUT2D eigenvalue weighted by Gasteiger charge is -2.25. The van der Waals surface area contributed by atoms with Gasteiger partial charge in [-0.25, -0.2) is 0 Å². The lowest BCUT2D eigenvalue weighted by atomic mass is 9.94. The molecule has 176 valence electrons.